The molecule has 2 heteroatoms. The molecule has 5 heavy (non-hydrogen) atoms. The predicted molar refractivity (Wildman–Crippen MR) is 23.8 cm³/mol. The zero-order valence-electron chi connectivity index (χ0n) is 3.12. The van der Waals surface area contributed by atoms with Gasteiger partial charge in [0.25, 0.3) is 0 Å². The van der Waals surface area contributed by atoms with Crippen molar-refractivity contribution in [1.82, 2.24) is 0 Å². The molecule has 0 atom stereocenters. The second-order valence-corrected chi connectivity index (χ2v) is 2.18. The fourth-order valence-corrected chi connectivity index (χ4v) is 0. The normalized spacial score (nSPS) is 7.40. The predicted octanol–water partition coefficient (Wildman–Crippen LogP) is 0.542. The molecule has 0 rings (SSSR count). The Hall–Kier alpha value is 0.460. The van der Waals surface area contributed by atoms with Crippen molar-refractivity contribution in [1.29, 1.82) is 5.41 Å². The summed E-state index contributed by atoms with van der Waals surface area (Å²) in [6.45, 7) is 1.98. The summed E-state index contributed by atoms with van der Waals surface area (Å²) < 4.78 is 0.765. The van der Waals surface area contributed by atoms with E-state index in [1.54, 1.807) is 22.3 Å². The summed E-state index contributed by atoms with van der Waals surface area (Å²) in [6, 6.07) is 0. The van der Waals surface area contributed by atoms with E-state index in [9.17, 15) is 0 Å². The van der Waals surface area contributed by atoms with E-state index in [4.69, 9.17) is 5.41 Å². The average molecular weight is 184 g/mol. The summed E-state index contributed by atoms with van der Waals surface area (Å²) in [5, 5.41) is 6.75. The van der Waals surface area contributed by atoms with Crippen LogP contribution < -0.4 is 0 Å². The van der Waals surface area contributed by atoms with Gasteiger partial charge in [0.15, 0.2) is 0 Å². The number of rotatable bonds is 1. The van der Waals surface area contributed by atoms with Gasteiger partial charge in [-0.15, -0.1) is 0 Å². The van der Waals surface area contributed by atoms with Gasteiger partial charge in [0.2, 0.25) is 0 Å². The van der Waals surface area contributed by atoms with E-state index in [0.29, 0.717) is 0 Å². The Morgan fingerprint density at radius 1 is 2.00 bits per heavy atom. The first-order chi connectivity index (χ1) is 2.27. The van der Waals surface area contributed by atoms with Crippen LogP contribution in [0.25, 0.3) is 0 Å². The maximum absolute atomic E-state index is 6.75. The zero-order valence-corrected chi connectivity index (χ0v) is 5.45. The molecule has 0 aliphatic heterocycles. The van der Waals surface area contributed by atoms with Crippen LogP contribution in [0.3, 0.4) is 0 Å². The molecule has 0 heterocycles. The fraction of sp³-hybridized carbons (Fsp3) is 0.667. The van der Waals surface area contributed by atoms with Crippen molar-refractivity contribution in [3.63, 3.8) is 0 Å². The molecule has 0 amide bonds. The monoisotopic (exact) mass is 186 g/mol. The molecule has 0 saturated carbocycles. The molecule has 0 aliphatic carbocycles. The molecule has 1 nitrogen and oxygen atoms in total. The quantitative estimate of drug-likeness (QED) is 0.454. The van der Waals surface area contributed by atoms with Crippen LogP contribution in [-0.2, 0) is 0 Å². The molecule has 0 unspecified atom stereocenters. The molecular weight excluding hydrogens is 178 g/mol. The van der Waals surface area contributed by atoms with Crippen molar-refractivity contribution in [2.24, 2.45) is 0 Å². The summed E-state index contributed by atoms with van der Waals surface area (Å²) in [5.41, 5.74) is 0. The van der Waals surface area contributed by atoms with Gasteiger partial charge in [0.05, 0.1) is 0 Å². The molecule has 29 valence electrons. The summed E-state index contributed by atoms with van der Waals surface area (Å²) in [7, 11) is 0. The second kappa shape index (κ2) is 2.68. The first-order valence-electron chi connectivity index (χ1n) is 1.51. The van der Waals surface area contributed by atoms with E-state index in [-0.39, 0.29) is 0 Å². The molecule has 0 spiro atoms. The van der Waals surface area contributed by atoms with Crippen LogP contribution in [0.5, 0.6) is 0 Å². The number of hydrogen-bond donors (Lipinski definition) is 1. The third-order valence-corrected chi connectivity index (χ3v) is 1.15. The van der Waals surface area contributed by atoms with Crippen molar-refractivity contribution in [3.8, 4) is 0 Å². The molecule has 0 aliphatic rings. The van der Waals surface area contributed by atoms with Gasteiger partial charge in [-0.25, -0.2) is 0 Å². The zero-order chi connectivity index (χ0) is 4.28. The Morgan fingerprint density at radius 2 is 2.20 bits per heavy atom. The van der Waals surface area contributed by atoms with E-state index in [2.05, 4.69) is 0 Å². The van der Waals surface area contributed by atoms with Crippen LogP contribution in [0.15, 0.2) is 0 Å². The minimum absolute atomic E-state index is 0.765. The van der Waals surface area contributed by atoms with Crippen molar-refractivity contribution in [2.45, 2.75) is 13.3 Å². The molecule has 0 fully saturated rings. The van der Waals surface area contributed by atoms with Crippen LogP contribution >= 0.6 is 0 Å². The number of nitrogens with one attached hydrogen (secondary N) is 1. The average Bonchev–Trinajstić information content (AvgIpc) is 1.38. The molecule has 1 N–H and O–H groups in total. The van der Waals surface area contributed by atoms with Crippen LogP contribution in [0, 0.1) is 5.41 Å². The van der Waals surface area contributed by atoms with Crippen molar-refractivity contribution >= 4 is 26.1 Å². The fourth-order valence-electron chi connectivity index (χ4n) is 0. The Bertz CT molecular complexity index is 42.2. The molecule has 0 bridgehead atoms. The van der Waals surface area contributed by atoms with Crippen LogP contribution in [0.1, 0.15) is 13.3 Å². The van der Waals surface area contributed by atoms with E-state index in [1.165, 1.54) is 0 Å². The maximum atomic E-state index is 6.75. The van der Waals surface area contributed by atoms with Crippen molar-refractivity contribution in [3.05, 3.63) is 0 Å². The first-order valence-corrected chi connectivity index (χ1v) is 2.68. The van der Waals surface area contributed by atoms with Gasteiger partial charge >= 0.3 is 44.8 Å². The van der Waals surface area contributed by atoms with Gasteiger partial charge in [0.1, 0.15) is 0 Å². The van der Waals surface area contributed by atoms with Gasteiger partial charge in [-0.3, -0.25) is 0 Å². The molecule has 0 aromatic heterocycles. The summed E-state index contributed by atoms with van der Waals surface area (Å²) in [5.74, 6) is 0. The standard InChI is InChI=1S/C3H6NTe/c1-2-3(4)5/h4H,2H2,1H3. The van der Waals surface area contributed by atoms with Crippen LogP contribution in [0.4, 0.5) is 0 Å². The Kier molecular flexibility index (Phi) is 2.93. The summed E-state index contributed by atoms with van der Waals surface area (Å²) in [6.07, 6.45) is 0.893. The van der Waals surface area contributed by atoms with Crippen LogP contribution in [-0.4, -0.2) is 26.1 Å². The van der Waals surface area contributed by atoms with Gasteiger partial charge in [0, 0.05) is 0 Å². The number of hydrogen-bond acceptors (Lipinski definition) is 1. The first kappa shape index (κ1) is 5.46. The van der Waals surface area contributed by atoms with Gasteiger partial charge < -0.3 is 0 Å². The van der Waals surface area contributed by atoms with E-state index in [0.717, 1.165) is 10.2 Å². The van der Waals surface area contributed by atoms with Gasteiger partial charge in [-0.1, -0.05) is 0 Å². The molecule has 0 saturated heterocycles. The molecule has 0 aromatic rings. The molecule has 1 radical (unpaired) electrons. The molecule has 0 aromatic carbocycles. The van der Waals surface area contributed by atoms with Gasteiger partial charge in [-0.05, 0) is 0 Å². The minimum atomic E-state index is 0.765. The molecular formula is C3H6NTe. The Balaban J connectivity index is 2.85. The second-order valence-electron chi connectivity index (χ2n) is 0.777. The van der Waals surface area contributed by atoms with Crippen LogP contribution in [0.2, 0.25) is 0 Å². The topological polar surface area (TPSA) is 23.9 Å². The third-order valence-electron chi connectivity index (χ3n) is 0.321. The summed E-state index contributed by atoms with van der Waals surface area (Å²) >= 11 is 1.74. The Labute approximate surface area is 45.2 Å². The van der Waals surface area contributed by atoms with Crippen molar-refractivity contribution in [2.75, 3.05) is 0 Å². The summed E-state index contributed by atoms with van der Waals surface area (Å²) in [4.78, 5) is 0. The van der Waals surface area contributed by atoms with E-state index >= 15 is 0 Å². The SMILES string of the molecule is CCC(=N)[Te]. The third kappa shape index (κ3) is 4.46. The van der Waals surface area contributed by atoms with E-state index < -0.39 is 0 Å². The van der Waals surface area contributed by atoms with Gasteiger partial charge in [-0.2, -0.15) is 0 Å². The Morgan fingerprint density at radius 3 is 2.20 bits per heavy atom. The van der Waals surface area contributed by atoms with Crippen molar-refractivity contribution < 1.29 is 0 Å². The van der Waals surface area contributed by atoms with E-state index in [1.807, 2.05) is 6.92 Å².